The molecule has 1 heterocycles. The Balaban J connectivity index is 1.42. The summed E-state index contributed by atoms with van der Waals surface area (Å²) in [5.74, 6) is 0.192. The summed E-state index contributed by atoms with van der Waals surface area (Å²) in [6, 6.07) is 8.56. The second-order valence-corrected chi connectivity index (χ2v) is 6.05. The third-order valence-corrected chi connectivity index (χ3v) is 4.39. The lowest BCUT2D eigenvalue weighted by Crippen LogP contribution is -2.47. The number of amides is 2. The summed E-state index contributed by atoms with van der Waals surface area (Å²) in [4.78, 5) is 16.0. The first-order chi connectivity index (χ1) is 11.1. The van der Waals surface area contributed by atoms with E-state index in [0.717, 1.165) is 29.5 Å². The molecule has 2 aromatic rings. The molecule has 5 heteroatoms. The molecule has 23 heavy (non-hydrogen) atoms. The highest BCUT2D eigenvalue weighted by Crippen LogP contribution is 2.36. The van der Waals surface area contributed by atoms with Crippen molar-refractivity contribution >= 4 is 6.03 Å². The van der Waals surface area contributed by atoms with Crippen LogP contribution in [-0.2, 0) is 6.54 Å². The van der Waals surface area contributed by atoms with Gasteiger partial charge in [-0.2, -0.15) is 0 Å². The third-order valence-electron chi connectivity index (χ3n) is 4.39. The number of aryl methyl sites for hydroxylation is 1. The maximum Gasteiger partial charge on any atom is 0.315 e. The molecule has 0 bridgehead atoms. The van der Waals surface area contributed by atoms with Gasteiger partial charge in [-0.3, -0.25) is 4.98 Å². The van der Waals surface area contributed by atoms with Crippen molar-refractivity contribution in [3.8, 4) is 0 Å². The molecular formula is C18H20FN3O. The quantitative estimate of drug-likeness (QED) is 0.910. The minimum absolute atomic E-state index is 0.149. The van der Waals surface area contributed by atoms with Gasteiger partial charge in [0.1, 0.15) is 5.82 Å². The first-order valence-electron chi connectivity index (χ1n) is 7.81. The zero-order valence-corrected chi connectivity index (χ0v) is 13.1. The van der Waals surface area contributed by atoms with Crippen molar-refractivity contribution in [3.05, 3.63) is 65.2 Å². The minimum Gasteiger partial charge on any atom is -0.335 e. The lowest BCUT2D eigenvalue weighted by molar-refractivity contribution is 0.222. The van der Waals surface area contributed by atoms with Crippen LogP contribution in [0.3, 0.4) is 0 Å². The monoisotopic (exact) mass is 313 g/mol. The smallest absolute Gasteiger partial charge is 0.315 e. The summed E-state index contributed by atoms with van der Waals surface area (Å²) < 4.78 is 12.9. The standard InChI is InChI=1S/C18H20FN3O/c1-12-10-20-7-6-14(12)11-21-18(23)22-17-8-15(9-17)13-2-4-16(19)5-3-13/h2-7,10,15,17H,8-9,11H2,1H3,(H2,21,22,23). The molecule has 0 radical (unpaired) electrons. The predicted molar refractivity (Wildman–Crippen MR) is 86.5 cm³/mol. The van der Waals surface area contributed by atoms with Crippen LogP contribution in [0.2, 0.25) is 0 Å². The minimum atomic E-state index is -0.214. The van der Waals surface area contributed by atoms with E-state index >= 15 is 0 Å². The fourth-order valence-electron chi connectivity index (χ4n) is 2.86. The summed E-state index contributed by atoms with van der Waals surface area (Å²) >= 11 is 0. The average molecular weight is 313 g/mol. The number of carbonyl (C=O) groups excluding carboxylic acids is 1. The number of aromatic nitrogens is 1. The fraction of sp³-hybridized carbons (Fsp3) is 0.333. The van der Waals surface area contributed by atoms with Crippen molar-refractivity contribution in [1.29, 1.82) is 0 Å². The zero-order valence-electron chi connectivity index (χ0n) is 13.1. The van der Waals surface area contributed by atoms with Gasteiger partial charge in [0.05, 0.1) is 0 Å². The molecule has 120 valence electrons. The van der Waals surface area contributed by atoms with Crippen molar-refractivity contribution in [2.45, 2.75) is 38.3 Å². The maximum atomic E-state index is 12.9. The maximum absolute atomic E-state index is 12.9. The molecule has 0 aliphatic heterocycles. The molecule has 0 unspecified atom stereocenters. The number of benzene rings is 1. The number of hydrogen-bond donors (Lipinski definition) is 2. The Bertz CT molecular complexity index is 681. The normalized spacial score (nSPS) is 19.7. The van der Waals surface area contributed by atoms with Gasteiger partial charge >= 0.3 is 6.03 Å². The van der Waals surface area contributed by atoms with Crippen LogP contribution in [0, 0.1) is 12.7 Å². The number of hydrogen-bond acceptors (Lipinski definition) is 2. The highest BCUT2D eigenvalue weighted by molar-refractivity contribution is 5.74. The highest BCUT2D eigenvalue weighted by atomic mass is 19.1. The molecule has 0 saturated heterocycles. The van der Waals surface area contributed by atoms with Crippen molar-refractivity contribution in [2.75, 3.05) is 0 Å². The molecule has 2 N–H and O–H groups in total. The molecule has 1 aliphatic carbocycles. The van der Waals surface area contributed by atoms with Crippen LogP contribution in [0.25, 0.3) is 0 Å². The van der Waals surface area contributed by atoms with Crippen molar-refractivity contribution in [2.24, 2.45) is 0 Å². The zero-order chi connectivity index (χ0) is 16.2. The van der Waals surface area contributed by atoms with E-state index < -0.39 is 0 Å². The molecule has 1 aromatic heterocycles. The van der Waals surface area contributed by atoms with E-state index in [4.69, 9.17) is 0 Å². The Kier molecular flexibility index (Phi) is 4.55. The summed E-state index contributed by atoms with van der Waals surface area (Å²) in [6.07, 6.45) is 5.30. The molecule has 4 nitrogen and oxygen atoms in total. The molecule has 1 saturated carbocycles. The number of rotatable bonds is 4. The van der Waals surface area contributed by atoms with Gasteiger partial charge in [-0.05, 0) is 60.6 Å². The van der Waals surface area contributed by atoms with Crippen LogP contribution < -0.4 is 10.6 Å². The second-order valence-electron chi connectivity index (χ2n) is 6.05. The summed E-state index contributed by atoms with van der Waals surface area (Å²) in [7, 11) is 0. The lowest BCUT2D eigenvalue weighted by atomic mass is 9.76. The van der Waals surface area contributed by atoms with Crippen LogP contribution >= 0.6 is 0 Å². The van der Waals surface area contributed by atoms with Crippen LogP contribution in [0.15, 0.2) is 42.7 Å². The third kappa shape index (κ3) is 3.86. The Morgan fingerprint density at radius 2 is 2.00 bits per heavy atom. The predicted octanol–water partition coefficient (Wildman–Crippen LogP) is 3.27. The lowest BCUT2D eigenvalue weighted by Gasteiger charge is -2.36. The Labute approximate surface area is 135 Å². The number of carbonyl (C=O) groups is 1. The summed E-state index contributed by atoms with van der Waals surface area (Å²) in [5, 5.41) is 5.85. The molecular weight excluding hydrogens is 293 g/mol. The number of nitrogens with one attached hydrogen (secondary N) is 2. The first-order valence-corrected chi connectivity index (χ1v) is 7.81. The number of urea groups is 1. The van der Waals surface area contributed by atoms with Crippen molar-refractivity contribution in [3.63, 3.8) is 0 Å². The molecule has 1 aliphatic rings. The summed E-state index contributed by atoms with van der Waals surface area (Å²) in [5.41, 5.74) is 3.26. The van der Waals surface area contributed by atoms with Crippen molar-refractivity contribution < 1.29 is 9.18 Å². The topological polar surface area (TPSA) is 54.0 Å². The molecule has 3 rings (SSSR count). The van der Waals surface area contributed by atoms with E-state index in [1.807, 2.05) is 25.1 Å². The van der Waals surface area contributed by atoms with Gasteiger partial charge in [-0.25, -0.2) is 9.18 Å². The average Bonchev–Trinajstić information content (AvgIpc) is 2.51. The van der Waals surface area contributed by atoms with Gasteiger partial charge in [-0.15, -0.1) is 0 Å². The largest absolute Gasteiger partial charge is 0.335 e. The van der Waals surface area contributed by atoms with Gasteiger partial charge in [0.25, 0.3) is 0 Å². The molecule has 2 amide bonds. The van der Waals surface area contributed by atoms with Gasteiger partial charge in [-0.1, -0.05) is 12.1 Å². The van der Waals surface area contributed by atoms with Gasteiger partial charge in [0, 0.05) is 25.0 Å². The number of nitrogens with zero attached hydrogens (tertiary/aromatic N) is 1. The van der Waals surface area contributed by atoms with Crippen LogP contribution in [0.4, 0.5) is 9.18 Å². The Hall–Kier alpha value is -2.43. The van der Waals surface area contributed by atoms with Crippen molar-refractivity contribution in [1.82, 2.24) is 15.6 Å². The van der Waals surface area contributed by atoms with Crippen LogP contribution in [-0.4, -0.2) is 17.1 Å². The van der Waals surface area contributed by atoms with E-state index in [1.54, 1.807) is 12.4 Å². The Morgan fingerprint density at radius 3 is 2.70 bits per heavy atom. The van der Waals surface area contributed by atoms with E-state index in [9.17, 15) is 9.18 Å². The van der Waals surface area contributed by atoms with E-state index in [-0.39, 0.29) is 17.9 Å². The first kappa shape index (κ1) is 15.5. The van der Waals surface area contributed by atoms with Gasteiger partial charge in [0.2, 0.25) is 0 Å². The second kappa shape index (κ2) is 6.77. The van der Waals surface area contributed by atoms with Gasteiger partial charge in [0.15, 0.2) is 0 Å². The van der Waals surface area contributed by atoms with Crippen LogP contribution in [0.1, 0.15) is 35.4 Å². The number of halogens is 1. The SMILES string of the molecule is Cc1cnccc1CNC(=O)NC1CC(c2ccc(F)cc2)C1. The molecule has 0 spiro atoms. The number of pyridine rings is 1. The van der Waals surface area contributed by atoms with E-state index in [1.165, 1.54) is 12.1 Å². The van der Waals surface area contributed by atoms with E-state index in [0.29, 0.717) is 12.5 Å². The van der Waals surface area contributed by atoms with Gasteiger partial charge < -0.3 is 10.6 Å². The molecule has 1 fully saturated rings. The molecule has 1 aromatic carbocycles. The Morgan fingerprint density at radius 1 is 1.26 bits per heavy atom. The summed E-state index contributed by atoms with van der Waals surface area (Å²) in [6.45, 7) is 2.47. The van der Waals surface area contributed by atoms with Crippen LogP contribution in [0.5, 0.6) is 0 Å². The highest BCUT2D eigenvalue weighted by Gasteiger charge is 2.31. The molecule has 0 atom stereocenters. The van der Waals surface area contributed by atoms with E-state index in [2.05, 4.69) is 15.6 Å². The fourth-order valence-corrected chi connectivity index (χ4v) is 2.86.